The van der Waals surface area contributed by atoms with Crippen LogP contribution in [-0.4, -0.2) is 33.4 Å². The predicted octanol–water partition coefficient (Wildman–Crippen LogP) is 2.31. The van der Waals surface area contributed by atoms with Crippen molar-refractivity contribution in [1.82, 2.24) is 14.5 Å². The molecule has 0 unspecified atom stereocenters. The molecule has 3 aromatic rings. The van der Waals surface area contributed by atoms with Gasteiger partial charge in [-0.3, -0.25) is 19.0 Å². The molecule has 29 heavy (non-hydrogen) atoms. The van der Waals surface area contributed by atoms with Crippen LogP contribution in [0.5, 0.6) is 0 Å². The lowest BCUT2D eigenvalue weighted by Crippen LogP contribution is -2.44. The van der Waals surface area contributed by atoms with Crippen LogP contribution in [0.2, 0.25) is 0 Å². The Kier molecular flexibility index (Phi) is 5.29. The molecule has 0 aliphatic carbocycles. The first-order valence-electron chi connectivity index (χ1n) is 9.75. The van der Waals surface area contributed by atoms with Gasteiger partial charge in [-0.1, -0.05) is 30.3 Å². The van der Waals surface area contributed by atoms with Gasteiger partial charge in [0.25, 0.3) is 0 Å². The number of aromatic amines is 1. The summed E-state index contributed by atoms with van der Waals surface area (Å²) in [5, 5.41) is 0. The molecule has 1 aliphatic rings. The Balaban J connectivity index is 1.46. The molecular formula is C22H22FN3O3. The number of likely N-dealkylation sites (tertiary alicyclic amines) is 1. The zero-order valence-corrected chi connectivity index (χ0v) is 15.9. The minimum Gasteiger partial charge on any atom is -0.341 e. The van der Waals surface area contributed by atoms with Crippen LogP contribution >= 0.6 is 0 Å². The smallest absolute Gasteiger partial charge is 0.317 e. The van der Waals surface area contributed by atoms with Crippen LogP contribution in [0, 0.1) is 11.7 Å². The predicted molar refractivity (Wildman–Crippen MR) is 108 cm³/mol. The highest BCUT2D eigenvalue weighted by Gasteiger charge is 2.24. The molecule has 0 spiro atoms. The molecule has 1 N–H and O–H groups in total. The number of carbonyl (C=O) groups is 1. The number of halogens is 1. The molecule has 1 aliphatic heterocycles. The van der Waals surface area contributed by atoms with Crippen LogP contribution in [0.25, 0.3) is 11.0 Å². The van der Waals surface area contributed by atoms with Crippen LogP contribution in [0.1, 0.15) is 18.4 Å². The van der Waals surface area contributed by atoms with Gasteiger partial charge in [0.15, 0.2) is 0 Å². The summed E-state index contributed by atoms with van der Waals surface area (Å²) in [6.45, 7) is 1.02. The van der Waals surface area contributed by atoms with Gasteiger partial charge in [-0.15, -0.1) is 0 Å². The molecule has 2 heterocycles. The van der Waals surface area contributed by atoms with E-state index in [9.17, 15) is 18.8 Å². The van der Waals surface area contributed by atoms with Crippen molar-refractivity contribution in [2.45, 2.75) is 25.8 Å². The van der Waals surface area contributed by atoms with E-state index in [4.69, 9.17) is 0 Å². The average Bonchev–Trinajstić information content (AvgIpc) is 2.72. The molecule has 0 bridgehead atoms. The Morgan fingerprint density at radius 1 is 1.07 bits per heavy atom. The maximum atomic E-state index is 13.5. The van der Waals surface area contributed by atoms with Crippen molar-refractivity contribution >= 4 is 16.9 Å². The summed E-state index contributed by atoms with van der Waals surface area (Å²) >= 11 is 0. The maximum Gasteiger partial charge on any atom is 0.317 e. The molecule has 1 fully saturated rings. The lowest BCUT2D eigenvalue weighted by Gasteiger charge is -2.32. The Morgan fingerprint density at radius 3 is 2.52 bits per heavy atom. The summed E-state index contributed by atoms with van der Waals surface area (Å²) in [4.78, 5) is 41.1. The number of hydrogen-bond acceptors (Lipinski definition) is 3. The molecule has 0 atom stereocenters. The van der Waals surface area contributed by atoms with Crippen molar-refractivity contribution in [3.05, 3.63) is 80.6 Å². The molecule has 150 valence electrons. The van der Waals surface area contributed by atoms with E-state index in [0.717, 1.165) is 29.9 Å². The van der Waals surface area contributed by atoms with Crippen molar-refractivity contribution in [3.63, 3.8) is 0 Å². The van der Waals surface area contributed by atoms with Crippen LogP contribution in [-0.2, 0) is 17.8 Å². The van der Waals surface area contributed by atoms with Crippen LogP contribution < -0.4 is 11.1 Å². The molecule has 1 aromatic heterocycles. The van der Waals surface area contributed by atoms with E-state index in [1.165, 1.54) is 17.7 Å². The number of nitrogens with one attached hydrogen (secondary N) is 1. The molecule has 0 radical (unpaired) electrons. The Labute approximate surface area is 166 Å². The fourth-order valence-electron chi connectivity index (χ4n) is 3.98. The van der Waals surface area contributed by atoms with Crippen molar-refractivity contribution in [2.24, 2.45) is 5.92 Å². The van der Waals surface area contributed by atoms with E-state index < -0.39 is 16.9 Å². The zero-order valence-electron chi connectivity index (χ0n) is 15.9. The molecule has 4 rings (SSSR count). The normalized spacial score (nSPS) is 15.0. The second kappa shape index (κ2) is 8.03. The number of piperidine rings is 1. The summed E-state index contributed by atoms with van der Waals surface area (Å²) < 4.78 is 14.6. The fourth-order valence-corrected chi connectivity index (χ4v) is 3.98. The summed E-state index contributed by atoms with van der Waals surface area (Å²) in [5.74, 6) is -0.209. The summed E-state index contributed by atoms with van der Waals surface area (Å²) in [6.07, 6.45) is 2.79. The number of carbonyl (C=O) groups excluding carboxylic acids is 1. The number of hydrogen-bond donors (Lipinski definition) is 1. The minimum absolute atomic E-state index is 0.198. The second-order valence-corrected chi connectivity index (χ2v) is 7.52. The number of fused-ring (bicyclic) bond motifs is 1. The Bertz CT molecular complexity index is 1150. The molecule has 7 heteroatoms. The van der Waals surface area contributed by atoms with Gasteiger partial charge in [-0.05, 0) is 48.9 Å². The standard InChI is InChI=1S/C22H22FN3O3/c23-17-6-7-19-18(13-17)24-21(28)22(29)26(19)14-20(27)25-10-8-16(9-11-25)12-15-4-2-1-3-5-15/h1-7,13,16H,8-12,14H2,(H,24,28). The summed E-state index contributed by atoms with van der Waals surface area (Å²) in [6, 6.07) is 14.0. The van der Waals surface area contributed by atoms with E-state index in [2.05, 4.69) is 17.1 Å². The van der Waals surface area contributed by atoms with E-state index in [1.807, 2.05) is 18.2 Å². The van der Waals surface area contributed by atoms with Crippen LogP contribution in [0.4, 0.5) is 4.39 Å². The Morgan fingerprint density at radius 2 is 1.79 bits per heavy atom. The van der Waals surface area contributed by atoms with E-state index in [-0.39, 0.29) is 18.0 Å². The molecule has 1 saturated heterocycles. The van der Waals surface area contributed by atoms with Crippen molar-refractivity contribution in [1.29, 1.82) is 0 Å². The first-order valence-corrected chi connectivity index (χ1v) is 9.75. The van der Waals surface area contributed by atoms with E-state index in [0.29, 0.717) is 24.5 Å². The lowest BCUT2D eigenvalue weighted by molar-refractivity contribution is -0.133. The summed E-state index contributed by atoms with van der Waals surface area (Å²) in [5.41, 5.74) is 0.159. The van der Waals surface area contributed by atoms with Gasteiger partial charge < -0.3 is 9.88 Å². The van der Waals surface area contributed by atoms with Gasteiger partial charge >= 0.3 is 11.1 Å². The quantitative estimate of drug-likeness (QED) is 0.689. The van der Waals surface area contributed by atoms with Gasteiger partial charge in [0.2, 0.25) is 5.91 Å². The number of amides is 1. The highest BCUT2D eigenvalue weighted by molar-refractivity contribution is 5.80. The number of H-pyrrole nitrogens is 1. The average molecular weight is 395 g/mol. The van der Waals surface area contributed by atoms with Gasteiger partial charge in [-0.2, -0.15) is 0 Å². The largest absolute Gasteiger partial charge is 0.341 e. The highest BCUT2D eigenvalue weighted by Crippen LogP contribution is 2.22. The van der Waals surface area contributed by atoms with Gasteiger partial charge in [0, 0.05) is 13.1 Å². The second-order valence-electron chi connectivity index (χ2n) is 7.52. The van der Waals surface area contributed by atoms with E-state index in [1.54, 1.807) is 4.90 Å². The highest BCUT2D eigenvalue weighted by atomic mass is 19.1. The number of nitrogens with zero attached hydrogens (tertiary/aromatic N) is 2. The Hall–Kier alpha value is -3.22. The molecule has 0 saturated carbocycles. The first kappa shape index (κ1) is 19.1. The maximum absolute atomic E-state index is 13.5. The van der Waals surface area contributed by atoms with Crippen LogP contribution in [0.15, 0.2) is 58.1 Å². The number of aromatic nitrogens is 2. The summed E-state index contributed by atoms with van der Waals surface area (Å²) in [7, 11) is 0. The third-order valence-electron chi connectivity index (χ3n) is 5.56. The van der Waals surface area contributed by atoms with Crippen LogP contribution in [0.3, 0.4) is 0 Å². The fraction of sp³-hybridized carbons (Fsp3) is 0.318. The molecule has 1 amide bonds. The number of rotatable bonds is 4. The SMILES string of the molecule is O=C(Cn1c(=O)c(=O)[nH]c2cc(F)ccc21)N1CCC(Cc2ccccc2)CC1. The third-order valence-corrected chi connectivity index (χ3v) is 5.56. The van der Waals surface area contributed by atoms with Gasteiger partial charge in [0.1, 0.15) is 12.4 Å². The number of benzene rings is 2. The lowest BCUT2D eigenvalue weighted by atomic mass is 9.90. The van der Waals surface area contributed by atoms with Crippen molar-refractivity contribution in [3.8, 4) is 0 Å². The topological polar surface area (TPSA) is 75.2 Å². The van der Waals surface area contributed by atoms with Gasteiger partial charge in [0.05, 0.1) is 11.0 Å². The van der Waals surface area contributed by atoms with Crippen molar-refractivity contribution < 1.29 is 9.18 Å². The van der Waals surface area contributed by atoms with Gasteiger partial charge in [-0.25, -0.2) is 4.39 Å². The molecule has 6 nitrogen and oxygen atoms in total. The third kappa shape index (κ3) is 4.13. The molecular weight excluding hydrogens is 373 g/mol. The molecule has 2 aromatic carbocycles. The monoisotopic (exact) mass is 395 g/mol. The van der Waals surface area contributed by atoms with Crippen molar-refractivity contribution in [2.75, 3.05) is 13.1 Å². The van der Waals surface area contributed by atoms with E-state index >= 15 is 0 Å². The first-order chi connectivity index (χ1) is 14.0. The zero-order chi connectivity index (χ0) is 20.4. The minimum atomic E-state index is -0.863.